The second-order valence-corrected chi connectivity index (χ2v) is 5.34. The summed E-state index contributed by atoms with van der Waals surface area (Å²) >= 11 is 0. The average Bonchev–Trinajstić information content (AvgIpc) is 2.83. The highest BCUT2D eigenvalue weighted by atomic mass is 16.5. The summed E-state index contributed by atoms with van der Waals surface area (Å²) in [5.74, 6) is 0. The molecule has 1 aromatic heterocycles. The van der Waals surface area contributed by atoms with Crippen molar-refractivity contribution < 1.29 is 4.74 Å². The van der Waals surface area contributed by atoms with E-state index >= 15 is 0 Å². The number of aryl methyl sites for hydroxylation is 1. The van der Waals surface area contributed by atoms with Gasteiger partial charge in [0.15, 0.2) is 0 Å². The SMILES string of the molecule is CCC(N)C(OC1CCCCC1)c1cnn(C)c1. The van der Waals surface area contributed by atoms with Gasteiger partial charge in [-0.1, -0.05) is 26.2 Å². The summed E-state index contributed by atoms with van der Waals surface area (Å²) in [5.41, 5.74) is 7.32. The third kappa shape index (κ3) is 3.33. The van der Waals surface area contributed by atoms with Crippen LogP contribution in [0.4, 0.5) is 0 Å². The first-order valence-electron chi connectivity index (χ1n) is 7.10. The topological polar surface area (TPSA) is 53.1 Å². The molecule has 0 aromatic carbocycles. The van der Waals surface area contributed by atoms with E-state index in [1.807, 2.05) is 24.1 Å². The predicted octanol–water partition coefficient (Wildman–Crippen LogP) is 2.55. The summed E-state index contributed by atoms with van der Waals surface area (Å²) in [6, 6.07) is 0.0520. The third-order valence-electron chi connectivity index (χ3n) is 3.80. The molecule has 0 aliphatic heterocycles. The van der Waals surface area contributed by atoms with Crippen LogP contribution in [0, 0.1) is 0 Å². The van der Waals surface area contributed by atoms with Crippen LogP contribution in [0.15, 0.2) is 12.4 Å². The van der Waals surface area contributed by atoms with Crippen LogP contribution in [0.3, 0.4) is 0 Å². The molecule has 1 fully saturated rings. The Bertz CT molecular complexity index is 358. The summed E-state index contributed by atoms with van der Waals surface area (Å²) < 4.78 is 8.08. The molecule has 18 heavy (non-hydrogen) atoms. The second kappa shape index (κ2) is 6.34. The monoisotopic (exact) mass is 251 g/mol. The van der Waals surface area contributed by atoms with Gasteiger partial charge < -0.3 is 10.5 Å². The van der Waals surface area contributed by atoms with Gasteiger partial charge in [-0.2, -0.15) is 5.10 Å². The van der Waals surface area contributed by atoms with Crippen molar-refractivity contribution in [3.63, 3.8) is 0 Å². The minimum atomic E-state index is -0.00759. The third-order valence-corrected chi connectivity index (χ3v) is 3.80. The molecule has 2 N–H and O–H groups in total. The molecule has 0 amide bonds. The summed E-state index contributed by atoms with van der Waals surface area (Å²) in [6.45, 7) is 2.11. The fraction of sp³-hybridized carbons (Fsp3) is 0.786. The zero-order valence-electron chi connectivity index (χ0n) is 11.5. The van der Waals surface area contributed by atoms with E-state index in [1.54, 1.807) is 0 Å². The number of ether oxygens (including phenoxy) is 1. The zero-order chi connectivity index (χ0) is 13.0. The maximum Gasteiger partial charge on any atom is 0.101 e. The fourth-order valence-corrected chi connectivity index (χ4v) is 2.64. The molecule has 1 aliphatic rings. The van der Waals surface area contributed by atoms with Crippen molar-refractivity contribution in [2.24, 2.45) is 12.8 Å². The van der Waals surface area contributed by atoms with Gasteiger partial charge in [0.05, 0.1) is 12.3 Å². The van der Waals surface area contributed by atoms with E-state index in [4.69, 9.17) is 10.5 Å². The minimum Gasteiger partial charge on any atom is -0.369 e. The standard InChI is InChI=1S/C14H25N3O/c1-3-13(15)14(11-9-16-17(2)10-11)18-12-7-5-4-6-8-12/h9-10,12-14H,3-8,15H2,1-2H3. The molecule has 4 heteroatoms. The summed E-state index contributed by atoms with van der Waals surface area (Å²) in [7, 11) is 1.93. The van der Waals surface area contributed by atoms with Crippen molar-refractivity contribution in [3.8, 4) is 0 Å². The van der Waals surface area contributed by atoms with Gasteiger partial charge in [-0.3, -0.25) is 4.68 Å². The molecule has 4 nitrogen and oxygen atoms in total. The molecular weight excluding hydrogens is 226 g/mol. The molecule has 1 aromatic rings. The van der Waals surface area contributed by atoms with Crippen molar-refractivity contribution in [1.29, 1.82) is 0 Å². The van der Waals surface area contributed by atoms with Crippen LogP contribution < -0.4 is 5.73 Å². The molecule has 0 bridgehead atoms. The first kappa shape index (κ1) is 13.6. The minimum absolute atomic E-state index is 0.00759. The molecule has 2 atom stereocenters. The van der Waals surface area contributed by atoms with Crippen molar-refractivity contribution in [1.82, 2.24) is 9.78 Å². The number of hydrogen-bond donors (Lipinski definition) is 1. The molecular formula is C14H25N3O. The summed E-state index contributed by atoms with van der Waals surface area (Å²) in [5, 5.41) is 4.23. The van der Waals surface area contributed by atoms with Crippen molar-refractivity contribution in [3.05, 3.63) is 18.0 Å². The molecule has 2 rings (SSSR count). The highest BCUT2D eigenvalue weighted by molar-refractivity contribution is 5.11. The van der Waals surface area contributed by atoms with Gasteiger partial charge >= 0.3 is 0 Å². The maximum atomic E-state index is 6.27. The van der Waals surface area contributed by atoms with Crippen LogP contribution in [0.25, 0.3) is 0 Å². The number of hydrogen-bond acceptors (Lipinski definition) is 3. The number of nitrogens with two attached hydrogens (primary N) is 1. The Hall–Kier alpha value is -0.870. The Labute approximate surface area is 110 Å². The van der Waals surface area contributed by atoms with Crippen LogP contribution in [0.1, 0.15) is 57.1 Å². The molecule has 0 saturated heterocycles. The normalized spacial score (nSPS) is 20.8. The van der Waals surface area contributed by atoms with Crippen LogP contribution in [-0.2, 0) is 11.8 Å². The quantitative estimate of drug-likeness (QED) is 0.875. The zero-order valence-corrected chi connectivity index (χ0v) is 11.5. The number of nitrogens with zero attached hydrogens (tertiary/aromatic N) is 2. The number of aromatic nitrogens is 2. The van der Waals surface area contributed by atoms with E-state index in [-0.39, 0.29) is 12.1 Å². The molecule has 102 valence electrons. The number of rotatable bonds is 5. The first-order chi connectivity index (χ1) is 8.70. The van der Waals surface area contributed by atoms with Crippen molar-refractivity contribution in [2.75, 3.05) is 0 Å². The van der Waals surface area contributed by atoms with Crippen LogP contribution in [-0.4, -0.2) is 21.9 Å². The smallest absolute Gasteiger partial charge is 0.101 e. The van der Waals surface area contributed by atoms with Crippen molar-refractivity contribution >= 4 is 0 Å². The Morgan fingerprint density at radius 1 is 1.44 bits per heavy atom. The van der Waals surface area contributed by atoms with Gasteiger partial charge in [0, 0.05) is 24.8 Å². The highest BCUT2D eigenvalue weighted by Gasteiger charge is 2.25. The molecule has 1 heterocycles. The Balaban J connectivity index is 2.04. The molecule has 1 aliphatic carbocycles. The van der Waals surface area contributed by atoms with Gasteiger partial charge in [-0.25, -0.2) is 0 Å². The van der Waals surface area contributed by atoms with Crippen LogP contribution >= 0.6 is 0 Å². The van der Waals surface area contributed by atoms with E-state index in [2.05, 4.69) is 12.0 Å². The van der Waals surface area contributed by atoms with Gasteiger partial charge in [-0.15, -0.1) is 0 Å². The van der Waals surface area contributed by atoms with E-state index in [0.29, 0.717) is 6.10 Å². The van der Waals surface area contributed by atoms with Crippen LogP contribution in [0.5, 0.6) is 0 Å². The largest absolute Gasteiger partial charge is 0.369 e. The Morgan fingerprint density at radius 2 is 2.17 bits per heavy atom. The lowest BCUT2D eigenvalue weighted by molar-refractivity contribution is -0.0437. The molecule has 1 saturated carbocycles. The van der Waals surface area contributed by atoms with Gasteiger partial charge in [0.1, 0.15) is 6.10 Å². The van der Waals surface area contributed by atoms with Crippen molar-refractivity contribution in [2.45, 2.75) is 63.7 Å². The van der Waals surface area contributed by atoms with E-state index in [0.717, 1.165) is 12.0 Å². The average molecular weight is 251 g/mol. The Kier molecular flexibility index (Phi) is 4.78. The summed E-state index contributed by atoms with van der Waals surface area (Å²) in [6.07, 6.45) is 11.4. The predicted molar refractivity (Wildman–Crippen MR) is 72.2 cm³/mol. The van der Waals surface area contributed by atoms with Gasteiger partial charge in [0.2, 0.25) is 0 Å². The molecule has 0 radical (unpaired) electrons. The lowest BCUT2D eigenvalue weighted by Gasteiger charge is -2.30. The Morgan fingerprint density at radius 3 is 2.72 bits per heavy atom. The lowest BCUT2D eigenvalue weighted by Crippen LogP contribution is -2.33. The van der Waals surface area contributed by atoms with Gasteiger partial charge in [-0.05, 0) is 19.3 Å². The van der Waals surface area contributed by atoms with E-state index in [1.165, 1.54) is 32.1 Å². The second-order valence-electron chi connectivity index (χ2n) is 5.34. The van der Waals surface area contributed by atoms with E-state index < -0.39 is 0 Å². The lowest BCUT2D eigenvalue weighted by atomic mass is 9.96. The van der Waals surface area contributed by atoms with E-state index in [9.17, 15) is 0 Å². The first-order valence-corrected chi connectivity index (χ1v) is 7.10. The fourth-order valence-electron chi connectivity index (χ4n) is 2.64. The maximum absolute atomic E-state index is 6.27. The van der Waals surface area contributed by atoms with Gasteiger partial charge in [0.25, 0.3) is 0 Å². The molecule has 2 unspecified atom stereocenters. The molecule has 0 spiro atoms. The summed E-state index contributed by atoms with van der Waals surface area (Å²) in [4.78, 5) is 0. The van der Waals surface area contributed by atoms with Crippen LogP contribution in [0.2, 0.25) is 0 Å². The highest BCUT2D eigenvalue weighted by Crippen LogP contribution is 2.29.